The van der Waals surface area contributed by atoms with Gasteiger partial charge >= 0.3 is 0 Å². The Morgan fingerprint density at radius 1 is 0.810 bits per heavy atom. The lowest BCUT2D eigenvalue weighted by molar-refractivity contribution is 0.0854. The van der Waals surface area contributed by atoms with Crippen LogP contribution in [-0.2, 0) is 4.84 Å². The van der Waals surface area contributed by atoms with E-state index in [1.807, 2.05) is 66.7 Å². The molecule has 0 radical (unpaired) electrons. The van der Waals surface area contributed by atoms with E-state index >= 15 is 0 Å². The number of para-hydroxylation sites is 1. The molecule has 0 N–H and O–H groups in total. The summed E-state index contributed by atoms with van der Waals surface area (Å²) in [7, 11) is 3.32. The minimum Gasteiger partial charge on any atom is -0.496 e. The zero-order valence-electron chi connectivity index (χ0n) is 24.0. The lowest BCUT2D eigenvalue weighted by Crippen LogP contribution is -2.10. The molecule has 0 bridgehead atoms. The fourth-order valence-corrected chi connectivity index (χ4v) is 5.91. The zero-order valence-corrected chi connectivity index (χ0v) is 24.9. The highest BCUT2D eigenvalue weighted by molar-refractivity contribution is 7.21. The van der Waals surface area contributed by atoms with Crippen LogP contribution in [0.2, 0.25) is 0 Å². The molecule has 0 amide bonds. The number of aromatic nitrogens is 1. The number of fused-ring (bicyclic) bond motifs is 1. The van der Waals surface area contributed by atoms with Crippen molar-refractivity contribution in [3.8, 4) is 33.6 Å². The van der Waals surface area contributed by atoms with Gasteiger partial charge in [-0.15, -0.1) is 11.3 Å². The summed E-state index contributed by atoms with van der Waals surface area (Å²) >= 11 is 1.69. The molecule has 0 saturated carbocycles. The predicted molar refractivity (Wildman–Crippen MR) is 166 cm³/mol. The minimum absolute atomic E-state index is 0.217. The number of hydrogen-bond donors (Lipinski definition) is 0. The van der Waals surface area contributed by atoms with Crippen LogP contribution in [0.3, 0.4) is 0 Å². The topological polar surface area (TPSA) is 71.4 Å². The maximum atomic E-state index is 6.08. The molecule has 1 unspecified atom stereocenters. The number of methoxy groups -OCH3 is 2. The summed E-state index contributed by atoms with van der Waals surface area (Å²) in [6.07, 6.45) is 0.430. The average molecular weight is 581 g/mol. The number of aryl methyl sites for hydroxylation is 1. The molecule has 1 aliphatic heterocycles. The molecule has 1 aromatic heterocycles. The fourth-order valence-electron chi connectivity index (χ4n) is 4.94. The largest absolute Gasteiger partial charge is 0.496 e. The van der Waals surface area contributed by atoms with E-state index < -0.39 is 0 Å². The van der Waals surface area contributed by atoms with Crippen molar-refractivity contribution in [1.82, 2.24) is 4.98 Å². The number of nitrogens with zero attached hydrogens (tertiary/aromatic N) is 2. The Bertz CT molecular complexity index is 1710. The molecule has 4 aromatic carbocycles. The highest BCUT2D eigenvalue weighted by atomic mass is 32.1. The summed E-state index contributed by atoms with van der Waals surface area (Å²) in [5, 5.41) is 5.39. The molecule has 1 atom stereocenters. The van der Waals surface area contributed by atoms with E-state index in [2.05, 4.69) is 31.1 Å². The summed E-state index contributed by atoms with van der Waals surface area (Å²) in [6.45, 7) is 4.87. The first-order chi connectivity index (χ1) is 20.5. The van der Waals surface area contributed by atoms with Gasteiger partial charge in [0.15, 0.2) is 17.6 Å². The molecule has 0 aliphatic carbocycles. The SMILES string of the molecule is COc1ccc(C2CC(c3cc(C)c(C)c(OC)c3)=NO2)cc1OCCOc1ccc(-c2nc3ccccc3s2)cc1. The summed E-state index contributed by atoms with van der Waals surface area (Å²) in [6, 6.07) is 26.1. The molecule has 214 valence electrons. The van der Waals surface area contributed by atoms with Gasteiger partial charge in [0.25, 0.3) is 0 Å². The molecule has 42 heavy (non-hydrogen) atoms. The second-order valence-electron chi connectivity index (χ2n) is 10.1. The molecule has 0 fully saturated rings. The van der Waals surface area contributed by atoms with Gasteiger partial charge < -0.3 is 23.8 Å². The van der Waals surface area contributed by atoms with Gasteiger partial charge in [-0.05, 0) is 91.2 Å². The maximum Gasteiger partial charge on any atom is 0.161 e. The van der Waals surface area contributed by atoms with Crippen molar-refractivity contribution in [3.05, 3.63) is 101 Å². The third-order valence-electron chi connectivity index (χ3n) is 7.41. The van der Waals surface area contributed by atoms with E-state index in [0.717, 1.165) is 55.6 Å². The molecule has 6 rings (SSSR count). The zero-order chi connectivity index (χ0) is 29.1. The highest BCUT2D eigenvalue weighted by Crippen LogP contribution is 2.37. The average Bonchev–Trinajstić information content (AvgIpc) is 3.69. The van der Waals surface area contributed by atoms with Gasteiger partial charge in [-0.1, -0.05) is 23.4 Å². The molecule has 8 heteroatoms. The third kappa shape index (κ3) is 5.76. The highest BCUT2D eigenvalue weighted by Gasteiger charge is 2.26. The van der Waals surface area contributed by atoms with E-state index in [0.29, 0.717) is 31.1 Å². The number of thiazole rings is 1. The van der Waals surface area contributed by atoms with Gasteiger partial charge in [-0.2, -0.15) is 0 Å². The quantitative estimate of drug-likeness (QED) is 0.156. The Kier molecular flexibility index (Phi) is 7.97. The van der Waals surface area contributed by atoms with Crippen LogP contribution in [0, 0.1) is 13.8 Å². The Morgan fingerprint density at radius 3 is 2.38 bits per heavy atom. The van der Waals surface area contributed by atoms with Crippen LogP contribution < -0.4 is 18.9 Å². The first-order valence-corrected chi connectivity index (χ1v) is 14.6. The minimum atomic E-state index is -0.217. The Labute approximate surface area is 249 Å². The van der Waals surface area contributed by atoms with Gasteiger partial charge in [0.1, 0.15) is 29.7 Å². The number of rotatable bonds is 10. The van der Waals surface area contributed by atoms with Gasteiger partial charge in [0.05, 0.1) is 30.1 Å². The van der Waals surface area contributed by atoms with Crippen molar-refractivity contribution in [2.24, 2.45) is 5.16 Å². The normalized spacial score (nSPS) is 14.4. The lowest BCUT2D eigenvalue weighted by Gasteiger charge is -2.15. The second kappa shape index (κ2) is 12.1. The van der Waals surface area contributed by atoms with Crippen LogP contribution in [0.15, 0.2) is 84.0 Å². The standard InChI is InChI=1S/C34H32N2O5S/c1-21-17-25(19-30(38-4)22(21)2)28-20-31(41-36-28)24-11-14-29(37-3)32(18-24)40-16-15-39-26-12-9-23(10-13-26)34-35-27-7-5-6-8-33(27)42-34/h5-14,17-19,31H,15-16,20H2,1-4H3. The summed E-state index contributed by atoms with van der Waals surface area (Å²) in [4.78, 5) is 10.6. The van der Waals surface area contributed by atoms with Gasteiger partial charge in [-0.25, -0.2) is 4.98 Å². The van der Waals surface area contributed by atoms with Gasteiger partial charge in [-0.3, -0.25) is 0 Å². The second-order valence-corrected chi connectivity index (χ2v) is 11.1. The van der Waals surface area contributed by atoms with Crippen molar-refractivity contribution in [2.45, 2.75) is 26.4 Å². The van der Waals surface area contributed by atoms with E-state index in [4.69, 9.17) is 28.8 Å². The van der Waals surface area contributed by atoms with Crippen molar-refractivity contribution >= 4 is 27.3 Å². The van der Waals surface area contributed by atoms with Crippen molar-refractivity contribution in [2.75, 3.05) is 27.4 Å². The van der Waals surface area contributed by atoms with Crippen LogP contribution in [-0.4, -0.2) is 38.1 Å². The monoisotopic (exact) mass is 580 g/mol. The summed E-state index contributed by atoms with van der Waals surface area (Å²) in [5.74, 6) is 2.91. The number of oxime groups is 1. The van der Waals surface area contributed by atoms with E-state index in [1.165, 1.54) is 4.70 Å². The molecule has 2 heterocycles. The van der Waals surface area contributed by atoms with Crippen LogP contribution in [0.25, 0.3) is 20.8 Å². The number of hydrogen-bond acceptors (Lipinski definition) is 8. The number of ether oxygens (including phenoxy) is 4. The smallest absolute Gasteiger partial charge is 0.161 e. The molecular weight excluding hydrogens is 548 g/mol. The first-order valence-electron chi connectivity index (χ1n) is 13.8. The van der Waals surface area contributed by atoms with Crippen LogP contribution in [0.5, 0.6) is 23.0 Å². The summed E-state index contributed by atoms with van der Waals surface area (Å²) < 4.78 is 24.3. The van der Waals surface area contributed by atoms with Crippen molar-refractivity contribution in [1.29, 1.82) is 0 Å². The molecular formula is C34H32N2O5S. The third-order valence-corrected chi connectivity index (χ3v) is 8.49. The molecule has 0 spiro atoms. The Balaban J connectivity index is 1.06. The van der Waals surface area contributed by atoms with Crippen molar-refractivity contribution in [3.63, 3.8) is 0 Å². The molecule has 1 aliphatic rings. The Morgan fingerprint density at radius 2 is 1.60 bits per heavy atom. The molecule has 7 nitrogen and oxygen atoms in total. The van der Waals surface area contributed by atoms with E-state index in [-0.39, 0.29) is 6.10 Å². The van der Waals surface area contributed by atoms with Gasteiger partial charge in [0.2, 0.25) is 0 Å². The van der Waals surface area contributed by atoms with E-state index in [1.54, 1.807) is 25.6 Å². The predicted octanol–water partition coefficient (Wildman–Crippen LogP) is 7.92. The first kappa shape index (κ1) is 27.6. The summed E-state index contributed by atoms with van der Waals surface area (Å²) in [5.41, 5.74) is 7.23. The van der Waals surface area contributed by atoms with Crippen molar-refractivity contribution < 1.29 is 23.8 Å². The number of benzene rings is 4. The molecule has 0 saturated heterocycles. The lowest BCUT2D eigenvalue weighted by atomic mass is 9.97. The maximum absolute atomic E-state index is 6.08. The fraction of sp³-hybridized carbons (Fsp3) is 0.235. The van der Waals surface area contributed by atoms with Crippen LogP contribution in [0.4, 0.5) is 0 Å². The molecule has 5 aromatic rings. The van der Waals surface area contributed by atoms with Crippen LogP contribution >= 0.6 is 11.3 Å². The van der Waals surface area contributed by atoms with Gasteiger partial charge in [0, 0.05) is 17.5 Å². The Hall–Kier alpha value is -4.56. The van der Waals surface area contributed by atoms with E-state index in [9.17, 15) is 0 Å². The van der Waals surface area contributed by atoms with Crippen LogP contribution in [0.1, 0.15) is 34.8 Å².